The van der Waals surface area contributed by atoms with E-state index in [4.69, 9.17) is 30.7 Å². The van der Waals surface area contributed by atoms with Crippen LogP contribution in [0.15, 0.2) is 36.7 Å². The molecule has 6 atom stereocenters. The maximum Gasteiger partial charge on any atom is 0.459 e. The number of halogens is 1. The second-order valence-corrected chi connectivity index (χ2v) is 11.7. The van der Waals surface area contributed by atoms with Crippen LogP contribution in [0.4, 0.5) is 16.2 Å². The first-order valence-corrected chi connectivity index (χ1v) is 14.5. The number of esters is 1. The van der Waals surface area contributed by atoms with E-state index in [9.17, 15) is 14.5 Å². The minimum atomic E-state index is -4.34. The van der Waals surface area contributed by atoms with Crippen LogP contribution < -0.4 is 20.2 Å². The zero-order valence-electron chi connectivity index (χ0n) is 23.7. The van der Waals surface area contributed by atoms with Gasteiger partial charge in [0.1, 0.15) is 24.0 Å². The van der Waals surface area contributed by atoms with Gasteiger partial charge in [-0.05, 0) is 32.9 Å². The number of aromatic nitrogens is 4. The summed E-state index contributed by atoms with van der Waals surface area (Å²) in [5.74, 6) is 1.69. The highest BCUT2D eigenvalue weighted by atomic mass is 31.2. The largest absolute Gasteiger partial charge is 0.462 e. The first-order chi connectivity index (χ1) is 19.8. The first-order valence-electron chi connectivity index (χ1n) is 12.9. The number of aliphatic hydroxyl groups excluding tert-OH is 1. The lowest BCUT2D eigenvalue weighted by Crippen LogP contribution is -2.42. The number of nitrogens with one attached hydrogen (secondary N) is 1. The van der Waals surface area contributed by atoms with E-state index in [1.54, 1.807) is 51.0 Å². The van der Waals surface area contributed by atoms with Crippen molar-refractivity contribution in [2.24, 2.45) is 0 Å². The van der Waals surface area contributed by atoms with Crippen molar-refractivity contribution in [3.05, 3.63) is 36.7 Å². The van der Waals surface area contributed by atoms with Crippen molar-refractivity contribution >= 4 is 36.6 Å². The number of carbonyl (C=O) groups is 1. The molecule has 42 heavy (non-hydrogen) atoms. The Balaban J connectivity index is 1.61. The first kappa shape index (κ1) is 31.1. The number of fused-ring (bicyclic) bond motifs is 1. The molecule has 0 radical (unpaired) electrons. The summed E-state index contributed by atoms with van der Waals surface area (Å²) < 4.78 is 53.4. The van der Waals surface area contributed by atoms with E-state index in [-0.39, 0.29) is 17.3 Å². The van der Waals surface area contributed by atoms with Gasteiger partial charge >= 0.3 is 13.7 Å². The zero-order valence-corrected chi connectivity index (χ0v) is 24.6. The molecule has 1 aliphatic heterocycles. The molecule has 3 heterocycles. The van der Waals surface area contributed by atoms with Crippen LogP contribution in [0.2, 0.25) is 0 Å². The number of nitrogen functional groups attached to an aromatic ring is 1. The lowest BCUT2D eigenvalue weighted by atomic mass is 9.97. The smallest absolute Gasteiger partial charge is 0.459 e. The Morgan fingerprint density at radius 3 is 2.64 bits per heavy atom. The number of nitrogens with two attached hydrogens (primary N) is 1. The van der Waals surface area contributed by atoms with E-state index in [2.05, 4.69) is 20.0 Å². The Morgan fingerprint density at radius 2 is 2.02 bits per heavy atom. The number of ether oxygens (including phenoxy) is 2. The zero-order chi connectivity index (χ0) is 30.8. The van der Waals surface area contributed by atoms with Crippen molar-refractivity contribution in [3.8, 4) is 18.1 Å². The van der Waals surface area contributed by atoms with Gasteiger partial charge in [0.05, 0.1) is 19.0 Å². The highest BCUT2D eigenvalue weighted by molar-refractivity contribution is 7.52. The van der Waals surface area contributed by atoms with Crippen LogP contribution >= 0.6 is 7.75 Å². The van der Waals surface area contributed by atoms with E-state index in [1.807, 2.05) is 5.92 Å². The van der Waals surface area contributed by atoms with Gasteiger partial charge in [0.15, 0.2) is 23.2 Å². The number of aliphatic hydroxyl groups is 1. The maximum absolute atomic E-state index is 16.2. The average Bonchev–Trinajstić information content (AvgIpc) is 3.45. The molecule has 0 amide bonds. The third kappa shape index (κ3) is 6.33. The fraction of sp³-hybridized carbons (Fsp3) is 0.462. The standard InChI is InChI=1S/C26H33FN7O7P/c1-7-26(27)20(35)18(40-24(26)34-14-29-19-21(33(5)6)30-25(28)31-22(19)34)13-38-42(37,41-17-11-9-8-10-12-17)32-16(4)23(36)39-15(2)3/h1,8-12,14-16,18,20,24,35H,13H2,2-6H3,(H,32,37)(H2,28,30,31)/t16-,18+,20+,24+,26+,42-/m0/s1. The summed E-state index contributed by atoms with van der Waals surface area (Å²) in [5, 5.41) is 13.5. The molecule has 1 fully saturated rings. The number of anilines is 2. The van der Waals surface area contributed by atoms with Gasteiger partial charge in [0.2, 0.25) is 11.6 Å². The molecule has 4 rings (SSSR count). The van der Waals surface area contributed by atoms with Gasteiger partial charge in [-0.1, -0.05) is 24.1 Å². The minimum absolute atomic E-state index is 0.105. The van der Waals surface area contributed by atoms with Gasteiger partial charge < -0.3 is 29.7 Å². The number of rotatable bonds is 11. The van der Waals surface area contributed by atoms with Crippen LogP contribution in [0, 0.1) is 12.3 Å². The molecule has 0 unspecified atom stereocenters. The van der Waals surface area contributed by atoms with Crippen LogP contribution in [0.1, 0.15) is 27.0 Å². The molecular weight excluding hydrogens is 572 g/mol. The maximum atomic E-state index is 16.2. The van der Waals surface area contributed by atoms with Crippen LogP contribution in [-0.4, -0.2) is 81.3 Å². The summed E-state index contributed by atoms with van der Waals surface area (Å²) in [5.41, 5.74) is 3.49. The SMILES string of the molecule is C#C[C@@]1(F)[C@H](O)[C@@H](CO[P@@](=O)(N[C@@H](C)C(=O)OC(C)C)Oc2ccccc2)O[C@H]1n1cnc2c(N(C)C)nc(N)nc21. The van der Waals surface area contributed by atoms with Crippen molar-refractivity contribution < 1.29 is 37.4 Å². The topological polar surface area (TPSA) is 176 Å². The quantitative estimate of drug-likeness (QED) is 0.165. The molecule has 14 nitrogen and oxygen atoms in total. The molecule has 1 aliphatic rings. The third-order valence-corrected chi connectivity index (χ3v) is 7.84. The number of terminal acetylenes is 1. The fourth-order valence-corrected chi connectivity index (χ4v) is 5.72. The molecule has 0 saturated carbocycles. The van der Waals surface area contributed by atoms with E-state index in [1.165, 1.54) is 30.0 Å². The number of para-hydroxylation sites is 1. The monoisotopic (exact) mass is 605 g/mol. The summed E-state index contributed by atoms with van der Waals surface area (Å²) >= 11 is 0. The van der Waals surface area contributed by atoms with Crippen LogP contribution in [0.3, 0.4) is 0 Å². The number of benzene rings is 1. The minimum Gasteiger partial charge on any atom is -0.462 e. The van der Waals surface area contributed by atoms with Crippen LogP contribution in [-0.2, 0) is 23.4 Å². The molecule has 1 saturated heterocycles. The molecule has 0 bridgehead atoms. The predicted molar refractivity (Wildman–Crippen MR) is 151 cm³/mol. The fourth-order valence-electron chi connectivity index (χ4n) is 4.22. The van der Waals surface area contributed by atoms with Crippen molar-refractivity contribution in [1.29, 1.82) is 0 Å². The van der Waals surface area contributed by atoms with Crippen molar-refractivity contribution in [2.75, 3.05) is 31.3 Å². The second-order valence-electron chi connectivity index (χ2n) is 10.0. The van der Waals surface area contributed by atoms with Crippen LogP contribution in [0.5, 0.6) is 5.75 Å². The third-order valence-electron chi connectivity index (χ3n) is 6.20. The van der Waals surface area contributed by atoms with Gasteiger partial charge in [-0.2, -0.15) is 15.1 Å². The molecular formula is C26H33FN7O7P. The summed E-state index contributed by atoms with van der Waals surface area (Å²) in [6.45, 7) is 4.09. The summed E-state index contributed by atoms with van der Waals surface area (Å²) in [7, 11) is -0.905. The summed E-state index contributed by atoms with van der Waals surface area (Å²) in [6.07, 6.45) is 1.36. The lowest BCUT2D eigenvalue weighted by Gasteiger charge is -2.25. The lowest BCUT2D eigenvalue weighted by molar-refractivity contribution is -0.149. The Hall–Kier alpha value is -3.80. The van der Waals surface area contributed by atoms with E-state index in [0.717, 1.165) is 0 Å². The highest BCUT2D eigenvalue weighted by Gasteiger charge is 2.58. The van der Waals surface area contributed by atoms with Crippen molar-refractivity contribution in [2.45, 2.75) is 57.0 Å². The Morgan fingerprint density at radius 1 is 1.33 bits per heavy atom. The number of hydrogen-bond donors (Lipinski definition) is 3. The number of hydrogen-bond acceptors (Lipinski definition) is 12. The van der Waals surface area contributed by atoms with E-state index in [0.29, 0.717) is 11.3 Å². The second kappa shape index (κ2) is 12.2. The predicted octanol–water partition coefficient (Wildman–Crippen LogP) is 2.21. The molecule has 226 valence electrons. The molecule has 4 N–H and O–H groups in total. The normalized spacial score (nSPS) is 24.2. The number of alkyl halides is 1. The Labute approximate surface area is 241 Å². The Kier molecular flexibility index (Phi) is 9.05. The van der Waals surface area contributed by atoms with E-state index < -0.39 is 56.6 Å². The Bertz CT molecular complexity index is 1520. The molecule has 0 spiro atoms. The van der Waals surface area contributed by atoms with Crippen molar-refractivity contribution in [3.63, 3.8) is 0 Å². The molecule has 1 aromatic carbocycles. The van der Waals surface area contributed by atoms with E-state index >= 15 is 4.39 Å². The number of carbonyl (C=O) groups excluding carboxylic acids is 1. The van der Waals surface area contributed by atoms with Gasteiger partial charge in [-0.25, -0.2) is 13.9 Å². The number of imidazole rings is 1. The van der Waals surface area contributed by atoms with Gasteiger partial charge in [-0.15, -0.1) is 6.42 Å². The van der Waals surface area contributed by atoms with Crippen LogP contribution in [0.25, 0.3) is 11.2 Å². The molecule has 0 aliphatic carbocycles. The summed E-state index contributed by atoms with van der Waals surface area (Å²) in [6, 6.07) is 6.93. The summed E-state index contributed by atoms with van der Waals surface area (Å²) in [4.78, 5) is 26.7. The number of nitrogens with zero attached hydrogens (tertiary/aromatic N) is 5. The highest BCUT2D eigenvalue weighted by Crippen LogP contribution is 2.48. The average molecular weight is 606 g/mol. The van der Waals surface area contributed by atoms with Gasteiger partial charge in [0.25, 0.3) is 0 Å². The molecule has 3 aromatic rings. The molecule has 2 aromatic heterocycles. The van der Waals surface area contributed by atoms with Crippen molar-refractivity contribution in [1.82, 2.24) is 24.6 Å². The molecule has 16 heteroatoms. The van der Waals surface area contributed by atoms with Gasteiger partial charge in [0, 0.05) is 14.1 Å². The van der Waals surface area contributed by atoms with Gasteiger partial charge in [-0.3, -0.25) is 13.9 Å².